The van der Waals surface area contributed by atoms with Crippen molar-refractivity contribution in [2.75, 3.05) is 0 Å². The van der Waals surface area contributed by atoms with E-state index in [4.69, 9.17) is 28.9 Å². The fourth-order valence-corrected chi connectivity index (χ4v) is 3.46. The van der Waals surface area contributed by atoms with Crippen molar-refractivity contribution >= 4 is 23.2 Å². The van der Waals surface area contributed by atoms with Crippen molar-refractivity contribution in [2.45, 2.75) is 37.6 Å². The third-order valence-corrected chi connectivity index (χ3v) is 4.41. The third kappa shape index (κ3) is 2.73. The standard InChI is InChI=1S/C14H16Cl2N4O/c15-9-6-10(16)8-11(7-9)20-12(18-19-13(20)21)14(17)4-2-1-3-5-14/h6-8H,1-5,17H2,(H,19,21). The zero-order valence-electron chi connectivity index (χ0n) is 11.4. The summed E-state index contributed by atoms with van der Waals surface area (Å²) in [5, 5.41) is 7.58. The van der Waals surface area contributed by atoms with Gasteiger partial charge in [-0.05, 0) is 31.0 Å². The number of aromatic nitrogens is 3. The lowest BCUT2D eigenvalue weighted by atomic mass is 9.82. The van der Waals surface area contributed by atoms with Gasteiger partial charge >= 0.3 is 5.69 Å². The van der Waals surface area contributed by atoms with Crippen LogP contribution in [0.1, 0.15) is 37.9 Å². The lowest BCUT2D eigenvalue weighted by Gasteiger charge is -2.32. The lowest BCUT2D eigenvalue weighted by Crippen LogP contribution is -2.42. The average molecular weight is 327 g/mol. The van der Waals surface area contributed by atoms with Crippen LogP contribution in [0.15, 0.2) is 23.0 Å². The van der Waals surface area contributed by atoms with Crippen LogP contribution >= 0.6 is 23.2 Å². The van der Waals surface area contributed by atoms with Crippen LogP contribution in [0.3, 0.4) is 0 Å². The molecule has 1 aliphatic rings. The van der Waals surface area contributed by atoms with Crippen molar-refractivity contribution in [3.8, 4) is 5.69 Å². The molecule has 112 valence electrons. The molecule has 0 aliphatic heterocycles. The van der Waals surface area contributed by atoms with Gasteiger partial charge in [-0.25, -0.2) is 14.5 Å². The predicted molar refractivity (Wildman–Crippen MR) is 83.2 cm³/mol. The van der Waals surface area contributed by atoms with E-state index < -0.39 is 5.54 Å². The highest BCUT2D eigenvalue weighted by Crippen LogP contribution is 2.34. The molecule has 7 heteroatoms. The maximum atomic E-state index is 12.2. The number of hydrogen-bond donors (Lipinski definition) is 2. The van der Waals surface area contributed by atoms with Gasteiger partial charge in [0.15, 0.2) is 5.82 Å². The first-order valence-corrected chi connectivity index (χ1v) is 7.68. The molecule has 1 fully saturated rings. The molecule has 1 saturated carbocycles. The predicted octanol–water partition coefficient (Wildman–Crippen LogP) is 2.99. The maximum Gasteiger partial charge on any atom is 0.347 e. The van der Waals surface area contributed by atoms with Crippen molar-refractivity contribution in [3.05, 3.63) is 44.6 Å². The molecule has 0 bridgehead atoms. The van der Waals surface area contributed by atoms with Crippen LogP contribution in [0.4, 0.5) is 0 Å². The van der Waals surface area contributed by atoms with Crippen LogP contribution in [0.5, 0.6) is 0 Å². The highest BCUT2D eigenvalue weighted by Gasteiger charge is 2.35. The Morgan fingerprint density at radius 1 is 1.14 bits per heavy atom. The molecular weight excluding hydrogens is 311 g/mol. The summed E-state index contributed by atoms with van der Waals surface area (Å²) in [6.45, 7) is 0. The van der Waals surface area contributed by atoms with Gasteiger partial charge in [0.25, 0.3) is 0 Å². The van der Waals surface area contributed by atoms with E-state index in [1.165, 1.54) is 4.57 Å². The minimum absolute atomic E-state index is 0.335. The van der Waals surface area contributed by atoms with E-state index in [1.54, 1.807) is 18.2 Å². The zero-order chi connectivity index (χ0) is 15.0. The number of rotatable bonds is 2. The van der Waals surface area contributed by atoms with Crippen LogP contribution in [0.2, 0.25) is 10.0 Å². The molecule has 0 atom stereocenters. The Kier molecular flexibility index (Phi) is 3.82. The van der Waals surface area contributed by atoms with Crippen LogP contribution < -0.4 is 11.4 Å². The average Bonchev–Trinajstić information content (AvgIpc) is 2.81. The number of benzene rings is 1. The van der Waals surface area contributed by atoms with Gasteiger partial charge < -0.3 is 5.73 Å². The molecule has 2 aromatic rings. The maximum absolute atomic E-state index is 12.2. The zero-order valence-corrected chi connectivity index (χ0v) is 12.9. The summed E-state index contributed by atoms with van der Waals surface area (Å²) >= 11 is 12.1. The topological polar surface area (TPSA) is 76.7 Å². The minimum atomic E-state index is -0.591. The SMILES string of the molecule is NC1(c2n[nH]c(=O)n2-c2cc(Cl)cc(Cl)c2)CCCCC1. The number of nitrogens with one attached hydrogen (secondary N) is 1. The van der Waals surface area contributed by atoms with Crippen molar-refractivity contribution in [1.29, 1.82) is 0 Å². The second-order valence-corrected chi connectivity index (χ2v) is 6.41. The number of halogens is 2. The fraction of sp³-hybridized carbons (Fsp3) is 0.429. The Bertz CT molecular complexity index is 696. The van der Waals surface area contributed by atoms with E-state index in [-0.39, 0.29) is 5.69 Å². The number of H-pyrrole nitrogens is 1. The molecule has 1 aromatic heterocycles. The van der Waals surface area contributed by atoms with E-state index >= 15 is 0 Å². The fourth-order valence-electron chi connectivity index (χ4n) is 2.95. The van der Waals surface area contributed by atoms with E-state index in [1.807, 2.05) is 0 Å². The van der Waals surface area contributed by atoms with Crippen LogP contribution in [-0.4, -0.2) is 14.8 Å². The molecule has 1 aromatic carbocycles. The Morgan fingerprint density at radius 3 is 2.38 bits per heavy atom. The summed E-state index contributed by atoms with van der Waals surface area (Å²) in [5.74, 6) is 0.547. The van der Waals surface area contributed by atoms with Crippen molar-refractivity contribution in [1.82, 2.24) is 14.8 Å². The first-order chi connectivity index (χ1) is 9.99. The molecular formula is C14H16Cl2N4O. The van der Waals surface area contributed by atoms with Crippen molar-refractivity contribution < 1.29 is 0 Å². The molecule has 0 saturated heterocycles. The quantitative estimate of drug-likeness (QED) is 0.890. The molecule has 0 amide bonds. The van der Waals surface area contributed by atoms with Gasteiger partial charge in [-0.15, -0.1) is 0 Å². The first kappa shape index (κ1) is 14.6. The van der Waals surface area contributed by atoms with E-state index in [2.05, 4.69) is 10.2 Å². The molecule has 3 N–H and O–H groups in total. The number of nitrogens with two attached hydrogens (primary N) is 1. The molecule has 21 heavy (non-hydrogen) atoms. The Balaban J connectivity index is 2.15. The Labute approximate surface area is 132 Å². The molecule has 3 rings (SSSR count). The largest absolute Gasteiger partial charge is 0.347 e. The number of hydrogen-bond acceptors (Lipinski definition) is 3. The van der Waals surface area contributed by atoms with E-state index in [0.717, 1.165) is 32.1 Å². The molecule has 0 radical (unpaired) electrons. The minimum Gasteiger partial charge on any atom is -0.319 e. The molecule has 0 spiro atoms. The molecule has 1 aliphatic carbocycles. The van der Waals surface area contributed by atoms with E-state index in [9.17, 15) is 4.79 Å². The normalized spacial score (nSPS) is 17.9. The Hall–Kier alpha value is -1.30. The molecule has 1 heterocycles. The second-order valence-electron chi connectivity index (χ2n) is 5.53. The summed E-state index contributed by atoms with van der Waals surface area (Å²) in [4.78, 5) is 12.2. The van der Waals surface area contributed by atoms with Crippen LogP contribution in [0, 0.1) is 0 Å². The highest BCUT2D eigenvalue weighted by molar-refractivity contribution is 6.34. The summed E-state index contributed by atoms with van der Waals surface area (Å²) in [6.07, 6.45) is 4.86. The summed E-state index contributed by atoms with van der Waals surface area (Å²) in [5.41, 5.74) is 6.15. The summed E-state index contributed by atoms with van der Waals surface area (Å²) in [6, 6.07) is 4.98. The monoisotopic (exact) mass is 326 g/mol. The molecule has 5 nitrogen and oxygen atoms in total. The van der Waals surface area contributed by atoms with Gasteiger partial charge in [-0.1, -0.05) is 42.5 Å². The van der Waals surface area contributed by atoms with Crippen LogP contribution in [0.25, 0.3) is 5.69 Å². The van der Waals surface area contributed by atoms with Gasteiger partial charge in [0.1, 0.15) is 0 Å². The lowest BCUT2D eigenvalue weighted by molar-refractivity contribution is 0.283. The van der Waals surface area contributed by atoms with Gasteiger partial charge in [-0.2, -0.15) is 5.10 Å². The number of nitrogens with zero attached hydrogens (tertiary/aromatic N) is 2. The van der Waals surface area contributed by atoms with Gasteiger partial charge in [0.2, 0.25) is 0 Å². The third-order valence-electron chi connectivity index (χ3n) is 3.97. The molecule has 0 unspecified atom stereocenters. The number of aromatic amines is 1. The summed E-state index contributed by atoms with van der Waals surface area (Å²) in [7, 11) is 0. The summed E-state index contributed by atoms with van der Waals surface area (Å²) < 4.78 is 1.48. The van der Waals surface area contributed by atoms with E-state index in [0.29, 0.717) is 21.6 Å². The smallest absolute Gasteiger partial charge is 0.319 e. The van der Waals surface area contributed by atoms with Gasteiger partial charge in [0.05, 0.1) is 11.2 Å². The Morgan fingerprint density at radius 2 is 1.76 bits per heavy atom. The van der Waals surface area contributed by atoms with Crippen molar-refractivity contribution in [2.24, 2.45) is 5.73 Å². The second kappa shape index (κ2) is 5.48. The van der Waals surface area contributed by atoms with Gasteiger partial charge in [0, 0.05) is 10.0 Å². The van der Waals surface area contributed by atoms with Crippen LogP contribution in [-0.2, 0) is 5.54 Å². The first-order valence-electron chi connectivity index (χ1n) is 6.93. The highest BCUT2D eigenvalue weighted by atomic mass is 35.5. The van der Waals surface area contributed by atoms with Crippen molar-refractivity contribution in [3.63, 3.8) is 0 Å². The van der Waals surface area contributed by atoms with Gasteiger partial charge in [-0.3, -0.25) is 0 Å².